The first-order chi connectivity index (χ1) is 6.41. The Labute approximate surface area is 80.1 Å². The molecule has 0 aromatic heterocycles. The van der Waals surface area contributed by atoms with Crippen LogP contribution in [0.2, 0.25) is 0 Å². The summed E-state index contributed by atoms with van der Waals surface area (Å²) in [6.07, 6.45) is -2.85. The van der Waals surface area contributed by atoms with Crippen molar-refractivity contribution in [3.8, 4) is 0 Å². The van der Waals surface area contributed by atoms with E-state index >= 15 is 0 Å². The summed E-state index contributed by atoms with van der Waals surface area (Å²) in [7, 11) is 0. The van der Waals surface area contributed by atoms with Gasteiger partial charge in [0, 0.05) is 6.42 Å². The molecule has 0 aromatic rings. The van der Waals surface area contributed by atoms with Gasteiger partial charge in [-0.05, 0) is 18.8 Å². The molecule has 82 valence electrons. The van der Waals surface area contributed by atoms with E-state index in [2.05, 4.69) is 0 Å². The highest BCUT2D eigenvalue weighted by atomic mass is 19.4. The van der Waals surface area contributed by atoms with E-state index in [1.807, 2.05) is 0 Å². The summed E-state index contributed by atoms with van der Waals surface area (Å²) in [6.45, 7) is 0. The maximum Gasteiger partial charge on any atom is 0.392 e. The van der Waals surface area contributed by atoms with E-state index in [9.17, 15) is 18.0 Å². The molecule has 0 amide bonds. The maximum absolute atomic E-state index is 12.4. The van der Waals surface area contributed by atoms with Gasteiger partial charge in [-0.2, -0.15) is 13.2 Å². The number of carbonyl (C=O) groups is 1. The Kier molecular flexibility index (Phi) is 3.39. The zero-order valence-electron chi connectivity index (χ0n) is 7.68. The lowest BCUT2D eigenvalue weighted by Gasteiger charge is -2.31. The highest BCUT2D eigenvalue weighted by molar-refractivity contribution is 5.67. The van der Waals surface area contributed by atoms with Crippen LogP contribution >= 0.6 is 0 Å². The average Bonchev–Trinajstić information content (AvgIpc) is 2.01. The normalized spacial score (nSPS) is 28.8. The quantitative estimate of drug-likeness (QED) is 0.760. The van der Waals surface area contributed by atoms with E-state index in [4.69, 9.17) is 5.11 Å². The van der Waals surface area contributed by atoms with Crippen LogP contribution in [0.3, 0.4) is 0 Å². The van der Waals surface area contributed by atoms with Crippen LogP contribution in [0.4, 0.5) is 13.2 Å². The van der Waals surface area contributed by atoms with Crippen LogP contribution < -0.4 is 0 Å². The van der Waals surface area contributed by atoms with Crippen LogP contribution in [0.1, 0.15) is 32.1 Å². The molecule has 2 unspecified atom stereocenters. The fraction of sp³-hybridized carbons (Fsp3) is 0.889. The topological polar surface area (TPSA) is 37.3 Å². The van der Waals surface area contributed by atoms with Gasteiger partial charge in [0.05, 0.1) is 5.92 Å². The predicted octanol–water partition coefficient (Wildman–Crippen LogP) is 2.83. The number of hydrogen-bond donors (Lipinski definition) is 1. The van der Waals surface area contributed by atoms with Gasteiger partial charge in [0.25, 0.3) is 0 Å². The third kappa shape index (κ3) is 2.89. The van der Waals surface area contributed by atoms with Crippen molar-refractivity contribution in [1.29, 1.82) is 0 Å². The lowest BCUT2D eigenvalue weighted by atomic mass is 9.77. The van der Waals surface area contributed by atoms with Gasteiger partial charge in [-0.3, -0.25) is 4.79 Å². The van der Waals surface area contributed by atoms with Crippen molar-refractivity contribution < 1.29 is 23.1 Å². The largest absolute Gasteiger partial charge is 0.481 e. The molecule has 1 aliphatic carbocycles. The fourth-order valence-electron chi connectivity index (χ4n) is 2.11. The molecule has 0 radical (unpaired) electrons. The number of halogens is 3. The third-order valence-corrected chi connectivity index (χ3v) is 2.77. The summed E-state index contributed by atoms with van der Waals surface area (Å²) < 4.78 is 37.3. The van der Waals surface area contributed by atoms with Crippen molar-refractivity contribution >= 4 is 5.97 Å². The number of aliphatic carboxylic acids is 1. The molecule has 0 saturated heterocycles. The molecule has 1 fully saturated rings. The Morgan fingerprint density at radius 2 is 1.86 bits per heavy atom. The second-order valence-corrected chi connectivity index (χ2v) is 3.79. The maximum atomic E-state index is 12.4. The molecular weight excluding hydrogens is 197 g/mol. The number of hydrogen-bond acceptors (Lipinski definition) is 1. The Hall–Kier alpha value is -0.740. The Balaban J connectivity index is 2.64. The van der Waals surface area contributed by atoms with Gasteiger partial charge in [0.15, 0.2) is 0 Å². The molecular formula is C9H13F3O2. The fourth-order valence-corrected chi connectivity index (χ4v) is 2.11. The zero-order valence-corrected chi connectivity index (χ0v) is 7.68. The van der Waals surface area contributed by atoms with Gasteiger partial charge in [-0.25, -0.2) is 0 Å². The van der Waals surface area contributed by atoms with Crippen LogP contribution in [0.15, 0.2) is 0 Å². The van der Waals surface area contributed by atoms with Gasteiger partial charge in [0.2, 0.25) is 0 Å². The van der Waals surface area contributed by atoms with E-state index in [-0.39, 0.29) is 12.8 Å². The summed E-state index contributed by atoms with van der Waals surface area (Å²) in [4.78, 5) is 10.4. The lowest BCUT2D eigenvalue weighted by molar-refractivity contribution is -0.197. The smallest absolute Gasteiger partial charge is 0.392 e. The van der Waals surface area contributed by atoms with Gasteiger partial charge in [-0.1, -0.05) is 12.8 Å². The third-order valence-electron chi connectivity index (χ3n) is 2.77. The minimum Gasteiger partial charge on any atom is -0.481 e. The Morgan fingerprint density at radius 1 is 1.29 bits per heavy atom. The molecule has 0 aromatic carbocycles. The van der Waals surface area contributed by atoms with Crippen LogP contribution in [-0.4, -0.2) is 17.3 Å². The molecule has 0 heterocycles. The van der Waals surface area contributed by atoms with Crippen molar-refractivity contribution in [3.05, 3.63) is 0 Å². The first-order valence-electron chi connectivity index (χ1n) is 4.69. The summed E-state index contributed by atoms with van der Waals surface area (Å²) in [5.74, 6) is -3.26. The summed E-state index contributed by atoms with van der Waals surface area (Å²) in [5, 5.41) is 8.48. The van der Waals surface area contributed by atoms with Crippen LogP contribution in [-0.2, 0) is 4.79 Å². The molecule has 5 heteroatoms. The number of rotatable bonds is 2. The second kappa shape index (κ2) is 4.19. The summed E-state index contributed by atoms with van der Waals surface area (Å²) in [5.41, 5.74) is 0. The van der Waals surface area contributed by atoms with Crippen LogP contribution in [0.5, 0.6) is 0 Å². The van der Waals surface area contributed by atoms with E-state index in [0.717, 1.165) is 0 Å². The SMILES string of the molecule is O=C(O)CC1CCCCC1C(F)(F)F. The van der Waals surface area contributed by atoms with Crippen molar-refractivity contribution in [1.82, 2.24) is 0 Å². The van der Waals surface area contributed by atoms with Crippen LogP contribution in [0, 0.1) is 11.8 Å². The van der Waals surface area contributed by atoms with Gasteiger partial charge in [-0.15, -0.1) is 0 Å². The molecule has 2 nitrogen and oxygen atoms in total. The summed E-state index contributed by atoms with van der Waals surface area (Å²) in [6, 6.07) is 0. The van der Waals surface area contributed by atoms with E-state index in [0.29, 0.717) is 19.3 Å². The van der Waals surface area contributed by atoms with E-state index in [1.165, 1.54) is 0 Å². The number of carboxylic acid groups (broad SMARTS) is 1. The minimum atomic E-state index is -4.24. The molecule has 1 N–H and O–H groups in total. The molecule has 14 heavy (non-hydrogen) atoms. The Bertz CT molecular complexity index is 213. The molecule has 2 atom stereocenters. The van der Waals surface area contributed by atoms with E-state index in [1.54, 1.807) is 0 Å². The standard InChI is InChI=1S/C9H13F3O2/c10-9(11,12)7-4-2-1-3-6(7)5-8(13)14/h6-7H,1-5H2,(H,13,14). The minimum absolute atomic E-state index is 0.0848. The predicted molar refractivity (Wildman–Crippen MR) is 43.8 cm³/mol. The van der Waals surface area contributed by atoms with Crippen molar-refractivity contribution in [2.24, 2.45) is 11.8 Å². The first kappa shape index (κ1) is 11.3. The highest BCUT2D eigenvalue weighted by Crippen LogP contribution is 2.42. The monoisotopic (exact) mass is 210 g/mol. The molecule has 1 aliphatic rings. The number of carboxylic acids is 1. The van der Waals surface area contributed by atoms with Crippen molar-refractivity contribution in [2.45, 2.75) is 38.3 Å². The highest BCUT2D eigenvalue weighted by Gasteiger charge is 2.45. The first-order valence-corrected chi connectivity index (χ1v) is 4.69. The lowest BCUT2D eigenvalue weighted by Crippen LogP contribution is -2.34. The van der Waals surface area contributed by atoms with Crippen LogP contribution in [0.25, 0.3) is 0 Å². The summed E-state index contributed by atoms with van der Waals surface area (Å²) >= 11 is 0. The van der Waals surface area contributed by atoms with Crippen molar-refractivity contribution in [3.63, 3.8) is 0 Å². The molecule has 0 bridgehead atoms. The average molecular weight is 210 g/mol. The molecule has 1 rings (SSSR count). The zero-order chi connectivity index (χ0) is 10.8. The van der Waals surface area contributed by atoms with Gasteiger partial charge >= 0.3 is 12.1 Å². The van der Waals surface area contributed by atoms with E-state index < -0.39 is 24.0 Å². The molecule has 0 spiro atoms. The second-order valence-electron chi connectivity index (χ2n) is 3.79. The van der Waals surface area contributed by atoms with Gasteiger partial charge in [0.1, 0.15) is 0 Å². The number of alkyl halides is 3. The molecule has 1 saturated carbocycles. The van der Waals surface area contributed by atoms with Crippen molar-refractivity contribution in [2.75, 3.05) is 0 Å². The van der Waals surface area contributed by atoms with Gasteiger partial charge < -0.3 is 5.11 Å². The molecule has 0 aliphatic heterocycles. The Morgan fingerprint density at radius 3 is 2.36 bits per heavy atom.